The third kappa shape index (κ3) is 4.82. The molecule has 2 amide bonds. The lowest BCUT2D eigenvalue weighted by atomic mass is 10.2. The highest BCUT2D eigenvalue weighted by atomic mass is 32.2. The van der Waals surface area contributed by atoms with E-state index in [1.165, 1.54) is 30.0 Å². The summed E-state index contributed by atoms with van der Waals surface area (Å²) in [4.78, 5) is 24.5. The molecule has 120 valence electrons. The predicted octanol–water partition coefficient (Wildman–Crippen LogP) is 3.00. The van der Waals surface area contributed by atoms with Crippen LogP contribution in [0.1, 0.15) is 21.5 Å². The van der Waals surface area contributed by atoms with E-state index < -0.39 is 11.7 Å². The van der Waals surface area contributed by atoms with Crippen LogP contribution in [0.25, 0.3) is 0 Å². The summed E-state index contributed by atoms with van der Waals surface area (Å²) in [7, 11) is 0. The number of hydrazine groups is 1. The van der Waals surface area contributed by atoms with Crippen LogP contribution in [0.4, 0.5) is 4.39 Å². The van der Waals surface area contributed by atoms with Crippen LogP contribution >= 0.6 is 11.8 Å². The van der Waals surface area contributed by atoms with Gasteiger partial charge in [-0.15, -0.1) is 11.8 Å². The zero-order valence-electron chi connectivity index (χ0n) is 12.9. The number of carbonyl (C=O) groups is 2. The Kier molecular flexibility index (Phi) is 5.76. The average molecular weight is 332 g/mol. The van der Waals surface area contributed by atoms with Gasteiger partial charge in [0, 0.05) is 4.90 Å². The lowest BCUT2D eigenvalue weighted by molar-refractivity contribution is -0.119. The molecule has 0 fully saturated rings. The molecule has 0 aliphatic rings. The molecule has 2 aromatic carbocycles. The van der Waals surface area contributed by atoms with Crippen LogP contribution < -0.4 is 10.9 Å². The Morgan fingerprint density at radius 1 is 1.09 bits per heavy atom. The van der Waals surface area contributed by atoms with Crippen LogP contribution in [0, 0.1) is 19.7 Å². The van der Waals surface area contributed by atoms with E-state index >= 15 is 0 Å². The van der Waals surface area contributed by atoms with Gasteiger partial charge in [0.2, 0.25) is 5.91 Å². The number of aryl methyl sites for hydroxylation is 2. The molecule has 0 aliphatic heterocycles. The Bertz CT molecular complexity index is 734. The Morgan fingerprint density at radius 3 is 2.52 bits per heavy atom. The fraction of sp³-hybridized carbons (Fsp3) is 0.176. The van der Waals surface area contributed by atoms with E-state index in [-0.39, 0.29) is 17.2 Å². The smallest absolute Gasteiger partial charge is 0.272 e. The van der Waals surface area contributed by atoms with Crippen molar-refractivity contribution >= 4 is 23.6 Å². The van der Waals surface area contributed by atoms with Gasteiger partial charge in [-0.25, -0.2) is 4.39 Å². The maximum atomic E-state index is 13.4. The number of carbonyl (C=O) groups excluding carboxylic acids is 2. The first kappa shape index (κ1) is 17.0. The lowest BCUT2D eigenvalue weighted by Crippen LogP contribution is -2.42. The molecular formula is C17H17FN2O2S. The molecule has 0 spiro atoms. The zero-order chi connectivity index (χ0) is 16.8. The van der Waals surface area contributed by atoms with E-state index in [4.69, 9.17) is 0 Å². The number of hydrogen-bond acceptors (Lipinski definition) is 3. The number of nitrogens with one attached hydrogen (secondary N) is 2. The molecule has 2 aromatic rings. The Balaban J connectivity index is 1.83. The van der Waals surface area contributed by atoms with Gasteiger partial charge in [0.25, 0.3) is 5.91 Å². The highest BCUT2D eigenvalue weighted by Gasteiger charge is 2.12. The SMILES string of the molecule is Cc1ccc(SCC(=O)NNC(=O)c2ccccc2F)c(C)c1. The molecule has 4 nitrogen and oxygen atoms in total. The van der Waals surface area contributed by atoms with Crippen molar-refractivity contribution in [1.82, 2.24) is 10.9 Å². The summed E-state index contributed by atoms with van der Waals surface area (Å²) in [6, 6.07) is 11.6. The molecule has 0 atom stereocenters. The molecule has 0 bridgehead atoms. The molecule has 0 saturated heterocycles. The average Bonchev–Trinajstić information content (AvgIpc) is 2.52. The van der Waals surface area contributed by atoms with E-state index in [1.54, 1.807) is 6.07 Å². The summed E-state index contributed by atoms with van der Waals surface area (Å²) >= 11 is 1.38. The molecule has 0 aliphatic carbocycles. The van der Waals surface area contributed by atoms with Gasteiger partial charge in [-0.3, -0.25) is 20.4 Å². The maximum absolute atomic E-state index is 13.4. The van der Waals surface area contributed by atoms with Crippen molar-refractivity contribution < 1.29 is 14.0 Å². The van der Waals surface area contributed by atoms with Crippen LogP contribution in [0.5, 0.6) is 0 Å². The summed E-state index contributed by atoms with van der Waals surface area (Å²) in [5.74, 6) is -1.53. The molecule has 0 unspecified atom stereocenters. The van der Waals surface area contributed by atoms with Gasteiger partial charge < -0.3 is 0 Å². The van der Waals surface area contributed by atoms with Crippen LogP contribution in [-0.4, -0.2) is 17.6 Å². The normalized spacial score (nSPS) is 10.2. The minimum atomic E-state index is -0.687. The Hall–Kier alpha value is -2.34. The Morgan fingerprint density at radius 2 is 1.83 bits per heavy atom. The van der Waals surface area contributed by atoms with Gasteiger partial charge in [0.1, 0.15) is 5.82 Å². The fourth-order valence-electron chi connectivity index (χ4n) is 1.98. The number of rotatable bonds is 4. The van der Waals surface area contributed by atoms with Crippen molar-refractivity contribution in [2.45, 2.75) is 18.7 Å². The van der Waals surface area contributed by atoms with Gasteiger partial charge in [-0.2, -0.15) is 0 Å². The molecule has 23 heavy (non-hydrogen) atoms. The summed E-state index contributed by atoms with van der Waals surface area (Å²) < 4.78 is 13.4. The van der Waals surface area contributed by atoms with E-state index in [0.29, 0.717) is 0 Å². The number of thioether (sulfide) groups is 1. The van der Waals surface area contributed by atoms with Crippen molar-refractivity contribution in [2.24, 2.45) is 0 Å². The number of benzene rings is 2. The molecular weight excluding hydrogens is 315 g/mol. The van der Waals surface area contributed by atoms with E-state index in [1.807, 2.05) is 32.0 Å². The molecule has 0 heterocycles. The largest absolute Gasteiger partial charge is 0.272 e. The van der Waals surface area contributed by atoms with Gasteiger partial charge >= 0.3 is 0 Å². The second-order valence-corrected chi connectivity index (χ2v) is 6.06. The topological polar surface area (TPSA) is 58.2 Å². The third-order valence-corrected chi connectivity index (χ3v) is 4.30. The summed E-state index contributed by atoms with van der Waals surface area (Å²) in [5, 5.41) is 0. The van der Waals surface area contributed by atoms with Gasteiger partial charge in [-0.1, -0.05) is 29.8 Å². The summed E-state index contributed by atoms with van der Waals surface area (Å²) in [5.41, 5.74) is 6.63. The highest BCUT2D eigenvalue weighted by Crippen LogP contribution is 2.22. The fourth-order valence-corrected chi connectivity index (χ4v) is 2.79. The van der Waals surface area contributed by atoms with Crippen molar-refractivity contribution in [3.05, 3.63) is 65.0 Å². The first-order valence-electron chi connectivity index (χ1n) is 7.01. The van der Waals surface area contributed by atoms with Crippen LogP contribution in [0.15, 0.2) is 47.4 Å². The monoisotopic (exact) mass is 332 g/mol. The summed E-state index contributed by atoms with van der Waals surface area (Å²) in [6.07, 6.45) is 0. The molecule has 0 radical (unpaired) electrons. The minimum absolute atomic E-state index is 0.116. The number of amides is 2. The second-order valence-electron chi connectivity index (χ2n) is 5.04. The molecule has 0 aromatic heterocycles. The van der Waals surface area contributed by atoms with Gasteiger partial charge in [0.15, 0.2) is 0 Å². The second kappa shape index (κ2) is 7.78. The Labute approximate surface area is 138 Å². The van der Waals surface area contributed by atoms with Crippen molar-refractivity contribution in [1.29, 1.82) is 0 Å². The predicted molar refractivity (Wildman–Crippen MR) is 88.6 cm³/mol. The first-order chi connectivity index (χ1) is 11.0. The van der Waals surface area contributed by atoms with E-state index in [0.717, 1.165) is 16.0 Å². The van der Waals surface area contributed by atoms with Crippen LogP contribution in [0.2, 0.25) is 0 Å². The molecule has 0 saturated carbocycles. The van der Waals surface area contributed by atoms with Crippen molar-refractivity contribution in [3.8, 4) is 0 Å². The molecule has 2 N–H and O–H groups in total. The minimum Gasteiger partial charge on any atom is -0.272 e. The van der Waals surface area contributed by atoms with Gasteiger partial charge in [-0.05, 0) is 37.6 Å². The van der Waals surface area contributed by atoms with E-state index in [2.05, 4.69) is 10.9 Å². The van der Waals surface area contributed by atoms with Crippen molar-refractivity contribution in [3.63, 3.8) is 0 Å². The number of hydrogen-bond donors (Lipinski definition) is 2. The van der Waals surface area contributed by atoms with Gasteiger partial charge in [0.05, 0.1) is 11.3 Å². The third-order valence-electron chi connectivity index (χ3n) is 3.12. The zero-order valence-corrected chi connectivity index (χ0v) is 13.7. The standard InChI is InChI=1S/C17H17FN2O2S/c1-11-7-8-15(12(2)9-11)23-10-16(21)19-20-17(22)13-5-3-4-6-14(13)18/h3-9H,10H2,1-2H3,(H,19,21)(H,20,22). The van der Waals surface area contributed by atoms with E-state index in [9.17, 15) is 14.0 Å². The summed E-state index contributed by atoms with van der Waals surface area (Å²) in [6.45, 7) is 3.99. The quantitative estimate of drug-likeness (QED) is 0.668. The van der Waals surface area contributed by atoms with Crippen LogP contribution in [-0.2, 0) is 4.79 Å². The van der Waals surface area contributed by atoms with Crippen molar-refractivity contribution in [2.75, 3.05) is 5.75 Å². The lowest BCUT2D eigenvalue weighted by Gasteiger charge is -2.09. The highest BCUT2D eigenvalue weighted by molar-refractivity contribution is 8.00. The van der Waals surface area contributed by atoms with Crippen LogP contribution in [0.3, 0.4) is 0 Å². The molecule has 2 rings (SSSR count). The number of halogens is 1. The molecule has 6 heteroatoms. The first-order valence-corrected chi connectivity index (χ1v) is 7.99. The maximum Gasteiger partial charge on any atom is 0.272 e.